The SMILES string of the molecule is COC(=O)C[C@@H](C)OC(=O)c1cc(C)oc1C. The minimum Gasteiger partial charge on any atom is -0.469 e. The smallest absolute Gasteiger partial charge is 0.341 e. The minimum atomic E-state index is -0.524. The number of hydrogen-bond acceptors (Lipinski definition) is 5. The van der Waals surface area contributed by atoms with Crippen LogP contribution < -0.4 is 0 Å². The Morgan fingerprint density at radius 1 is 1.41 bits per heavy atom. The number of furan rings is 1. The van der Waals surface area contributed by atoms with Crippen LogP contribution in [-0.2, 0) is 14.3 Å². The molecule has 0 spiro atoms. The minimum absolute atomic E-state index is 0.0398. The summed E-state index contributed by atoms with van der Waals surface area (Å²) < 4.78 is 14.8. The summed E-state index contributed by atoms with van der Waals surface area (Å²) in [4.78, 5) is 22.7. The summed E-state index contributed by atoms with van der Waals surface area (Å²) in [6, 6.07) is 1.61. The zero-order valence-corrected chi connectivity index (χ0v) is 10.4. The predicted molar refractivity (Wildman–Crippen MR) is 59.7 cm³/mol. The molecule has 5 nitrogen and oxygen atoms in total. The molecule has 1 heterocycles. The van der Waals surface area contributed by atoms with Gasteiger partial charge in [0.15, 0.2) is 0 Å². The van der Waals surface area contributed by atoms with Gasteiger partial charge in [0.25, 0.3) is 0 Å². The van der Waals surface area contributed by atoms with Crippen LogP contribution in [0.2, 0.25) is 0 Å². The quantitative estimate of drug-likeness (QED) is 0.753. The van der Waals surface area contributed by atoms with Gasteiger partial charge in [-0.3, -0.25) is 4.79 Å². The van der Waals surface area contributed by atoms with E-state index < -0.39 is 18.0 Å². The van der Waals surface area contributed by atoms with Crippen LogP contribution in [0.4, 0.5) is 0 Å². The molecule has 0 aromatic carbocycles. The molecule has 0 saturated carbocycles. The first-order valence-electron chi connectivity index (χ1n) is 5.29. The fourth-order valence-electron chi connectivity index (χ4n) is 1.44. The van der Waals surface area contributed by atoms with Crippen LogP contribution in [0.1, 0.15) is 35.2 Å². The number of esters is 2. The highest BCUT2D eigenvalue weighted by Crippen LogP contribution is 2.16. The Hall–Kier alpha value is -1.78. The van der Waals surface area contributed by atoms with Crippen molar-refractivity contribution in [2.45, 2.75) is 33.3 Å². The highest BCUT2D eigenvalue weighted by molar-refractivity contribution is 5.90. The van der Waals surface area contributed by atoms with Gasteiger partial charge in [-0.25, -0.2) is 4.79 Å². The lowest BCUT2D eigenvalue weighted by atomic mass is 10.2. The van der Waals surface area contributed by atoms with E-state index in [2.05, 4.69) is 4.74 Å². The summed E-state index contributed by atoms with van der Waals surface area (Å²) >= 11 is 0. The van der Waals surface area contributed by atoms with E-state index in [1.54, 1.807) is 26.8 Å². The van der Waals surface area contributed by atoms with Crippen molar-refractivity contribution in [3.63, 3.8) is 0 Å². The Bertz CT molecular complexity index is 419. The summed E-state index contributed by atoms with van der Waals surface area (Å²) in [6.45, 7) is 5.08. The zero-order chi connectivity index (χ0) is 13.0. The van der Waals surface area contributed by atoms with E-state index >= 15 is 0 Å². The third-order valence-corrected chi connectivity index (χ3v) is 2.25. The van der Waals surface area contributed by atoms with E-state index in [1.807, 2.05) is 0 Å². The molecular weight excluding hydrogens is 224 g/mol. The van der Waals surface area contributed by atoms with Crippen LogP contribution in [0.5, 0.6) is 0 Å². The summed E-state index contributed by atoms with van der Waals surface area (Å²) in [5.41, 5.74) is 0.388. The van der Waals surface area contributed by atoms with Crippen LogP contribution in [0.25, 0.3) is 0 Å². The Morgan fingerprint density at radius 3 is 2.53 bits per heavy atom. The van der Waals surface area contributed by atoms with Crippen molar-refractivity contribution in [3.8, 4) is 0 Å². The van der Waals surface area contributed by atoms with Crippen molar-refractivity contribution in [1.82, 2.24) is 0 Å². The molecule has 0 fully saturated rings. The van der Waals surface area contributed by atoms with Crippen molar-refractivity contribution in [2.24, 2.45) is 0 Å². The molecule has 0 bridgehead atoms. The van der Waals surface area contributed by atoms with Crippen LogP contribution in [-0.4, -0.2) is 25.2 Å². The molecule has 5 heteroatoms. The maximum absolute atomic E-state index is 11.7. The molecular formula is C12H16O5. The first-order valence-corrected chi connectivity index (χ1v) is 5.29. The van der Waals surface area contributed by atoms with Gasteiger partial charge in [0.2, 0.25) is 0 Å². The summed E-state index contributed by atoms with van der Waals surface area (Å²) in [7, 11) is 1.29. The number of methoxy groups -OCH3 is 1. The van der Waals surface area contributed by atoms with E-state index in [-0.39, 0.29) is 6.42 Å². The molecule has 0 aliphatic heterocycles. The number of hydrogen-bond donors (Lipinski definition) is 0. The normalized spacial score (nSPS) is 12.0. The number of rotatable bonds is 4. The zero-order valence-electron chi connectivity index (χ0n) is 10.4. The van der Waals surface area contributed by atoms with Crippen molar-refractivity contribution < 1.29 is 23.5 Å². The Kier molecular flexibility index (Phi) is 4.31. The third-order valence-electron chi connectivity index (χ3n) is 2.25. The molecule has 1 aromatic heterocycles. The molecule has 1 aromatic rings. The Balaban J connectivity index is 2.60. The number of carbonyl (C=O) groups is 2. The highest BCUT2D eigenvalue weighted by Gasteiger charge is 2.19. The predicted octanol–water partition coefficient (Wildman–Crippen LogP) is 2.00. The lowest BCUT2D eigenvalue weighted by Crippen LogP contribution is -2.19. The molecule has 0 aliphatic carbocycles. The van der Waals surface area contributed by atoms with Gasteiger partial charge in [-0.2, -0.15) is 0 Å². The lowest BCUT2D eigenvalue weighted by molar-refractivity contribution is -0.142. The second kappa shape index (κ2) is 5.52. The van der Waals surface area contributed by atoms with Gasteiger partial charge >= 0.3 is 11.9 Å². The molecule has 0 aliphatic rings. The van der Waals surface area contributed by atoms with E-state index in [0.29, 0.717) is 17.1 Å². The molecule has 17 heavy (non-hydrogen) atoms. The van der Waals surface area contributed by atoms with E-state index in [1.165, 1.54) is 7.11 Å². The van der Waals surface area contributed by atoms with Crippen molar-refractivity contribution in [1.29, 1.82) is 0 Å². The fourth-order valence-corrected chi connectivity index (χ4v) is 1.44. The molecule has 1 atom stereocenters. The van der Waals surface area contributed by atoms with Gasteiger partial charge in [0, 0.05) is 0 Å². The molecule has 0 saturated heterocycles. The molecule has 0 amide bonds. The second-order valence-corrected chi connectivity index (χ2v) is 3.82. The van der Waals surface area contributed by atoms with Gasteiger partial charge in [0.1, 0.15) is 23.2 Å². The second-order valence-electron chi connectivity index (χ2n) is 3.82. The number of ether oxygens (including phenoxy) is 2. The summed E-state index contributed by atoms with van der Waals surface area (Å²) in [5, 5.41) is 0. The van der Waals surface area contributed by atoms with Crippen molar-refractivity contribution in [3.05, 3.63) is 23.2 Å². The number of carbonyl (C=O) groups excluding carboxylic acids is 2. The van der Waals surface area contributed by atoms with E-state index in [9.17, 15) is 9.59 Å². The van der Waals surface area contributed by atoms with Crippen LogP contribution in [0.15, 0.2) is 10.5 Å². The maximum Gasteiger partial charge on any atom is 0.341 e. The first kappa shape index (κ1) is 13.3. The van der Waals surface area contributed by atoms with E-state index in [4.69, 9.17) is 9.15 Å². The van der Waals surface area contributed by atoms with Gasteiger partial charge in [-0.05, 0) is 26.8 Å². The number of aryl methyl sites for hydroxylation is 2. The van der Waals surface area contributed by atoms with Gasteiger partial charge in [0.05, 0.1) is 13.5 Å². The van der Waals surface area contributed by atoms with Crippen LogP contribution in [0.3, 0.4) is 0 Å². The first-order chi connectivity index (χ1) is 7.93. The average molecular weight is 240 g/mol. The standard InChI is InChI=1S/C12H16O5/c1-7-5-10(9(3)16-7)12(14)17-8(2)6-11(13)15-4/h5,8H,6H2,1-4H3/t8-/m1/s1. The van der Waals surface area contributed by atoms with Crippen molar-refractivity contribution >= 4 is 11.9 Å². The maximum atomic E-state index is 11.7. The molecule has 94 valence electrons. The van der Waals surface area contributed by atoms with Crippen molar-refractivity contribution in [2.75, 3.05) is 7.11 Å². The van der Waals surface area contributed by atoms with Gasteiger partial charge < -0.3 is 13.9 Å². The van der Waals surface area contributed by atoms with Gasteiger partial charge in [-0.1, -0.05) is 0 Å². The fraction of sp³-hybridized carbons (Fsp3) is 0.500. The molecule has 1 rings (SSSR count). The van der Waals surface area contributed by atoms with Gasteiger partial charge in [-0.15, -0.1) is 0 Å². The lowest BCUT2D eigenvalue weighted by Gasteiger charge is -2.11. The Labute approximate surface area is 99.7 Å². The molecule has 0 unspecified atom stereocenters. The molecule has 0 radical (unpaired) electrons. The summed E-state index contributed by atoms with van der Waals surface area (Å²) in [5.74, 6) is 0.258. The van der Waals surface area contributed by atoms with Crippen LogP contribution >= 0.6 is 0 Å². The topological polar surface area (TPSA) is 65.7 Å². The monoisotopic (exact) mass is 240 g/mol. The van der Waals surface area contributed by atoms with Crippen LogP contribution in [0, 0.1) is 13.8 Å². The Morgan fingerprint density at radius 2 is 2.06 bits per heavy atom. The highest BCUT2D eigenvalue weighted by atomic mass is 16.6. The average Bonchev–Trinajstić information content (AvgIpc) is 2.57. The molecule has 0 N–H and O–H groups in total. The summed E-state index contributed by atoms with van der Waals surface area (Å²) in [6.07, 6.45) is -0.484. The largest absolute Gasteiger partial charge is 0.469 e. The van der Waals surface area contributed by atoms with E-state index in [0.717, 1.165) is 0 Å². The third kappa shape index (κ3) is 3.62.